The third-order valence-electron chi connectivity index (χ3n) is 4.27. The van der Waals surface area contributed by atoms with Gasteiger partial charge in [0.05, 0.1) is 0 Å². The second kappa shape index (κ2) is 6.42. The molecule has 23 heavy (non-hydrogen) atoms. The Kier molecular flexibility index (Phi) is 4.35. The van der Waals surface area contributed by atoms with Gasteiger partial charge in [-0.2, -0.15) is 0 Å². The summed E-state index contributed by atoms with van der Waals surface area (Å²) >= 11 is 0. The van der Waals surface area contributed by atoms with E-state index in [2.05, 4.69) is 18.3 Å². The van der Waals surface area contributed by atoms with Gasteiger partial charge in [-0.1, -0.05) is 18.2 Å². The van der Waals surface area contributed by atoms with Crippen LogP contribution in [0.1, 0.15) is 22.3 Å². The van der Waals surface area contributed by atoms with Crippen molar-refractivity contribution in [1.82, 2.24) is 0 Å². The van der Waals surface area contributed by atoms with Gasteiger partial charge in [0.1, 0.15) is 5.75 Å². The van der Waals surface area contributed by atoms with E-state index in [1.54, 1.807) is 0 Å². The summed E-state index contributed by atoms with van der Waals surface area (Å²) < 4.78 is 5.79. The summed E-state index contributed by atoms with van der Waals surface area (Å²) in [4.78, 5) is 12.4. The van der Waals surface area contributed by atoms with Gasteiger partial charge < -0.3 is 15.2 Å². The van der Waals surface area contributed by atoms with Gasteiger partial charge in [-0.05, 0) is 60.7 Å². The van der Waals surface area contributed by atoms with E-state index in [-0.39, 0.29) is 12.5 Å². The highest BCUT2D eigenvalue weighted by Crippen LogP contribution is 2.31. The number of aliphatic hydroxyl groups is 1. The number of aliphatic hydroxyl groups excluding tert-OH is 1. The molecule has 1 amide bonds. The third kappa shape index (κ3) is 3.37. The van der Waals surface area contributed by atoms with Crippen molar-refractivity contribution in [2.45, 2.75) is 32.8 Å². The molecule has 0 fully saturated rings. The van der Waals surface area contributed by atoms with Crippen molar-refractivity contribution >= 4 is 11.6 Å². The topological polar surface area (TPSA) is 58.6 Å². The maximum atomic E-state index is 12.4. The van der Waals surface area contributed by atoms with Crippen LogP contribution in [0.25, 0.3) is 0 Å². The second-order valence-electron chi connectivity index (χ2n) is 6.01. The minimum Gasteiger partial charge on any atom is -0.480 e. The van der Waals surface area contributed by atoms with Crippen LogP contribution in [0.5, 0.6) is 5.75 Å². The molecule has 0 aromatic heterocycles. The summed E-state index contributed by atoms with van der Waals surface area (Å²) in [6.07, 6.45) is 0.738. The Bertz CT molecular complexity index is 691. The molecule has 0 saturated carbocycles. The van der Waals surface area contributed by atoms with E-state index < -0.39 is 6.10 Å². The normalized spacial score (nSPS) is 15.9. The summed E-state index contributed by atoms with van der Waals surface area (Å²) in [6, 6.07) is 11.6. The SMILES string of the molecule is Cc1cc2c(cc1C)OC(C(=O)Nc1ccc(CCO)cc1)C2. The predicted molar refractivity (Wildman–Crippen MR) is 89.9 cm³/mol. The Morgan fingerprint density at radius 3 is 2.61 bits per heavy atom. The smallest absolute Gasteiger partial charge is 0.265 e. The number of benzene rings is 2. The first-order chi connectivity index (χ1) is 11.1. The molecule has 2 N–H and O–H groups in total. The van der Waals surface area contributed by atoms with Crippen LogP contribution < -0.4 is 10.1 Å². The van der Waals surface area contributed by atoms with E-state index in [0.717, 1.165) is 22.6 Å². The monoisotopic (exact) mass is 311 g/mol. The van der Waals surface area contributed by atoms with Gasteiger partial charge in [-0.15, -0.1) is 0 Å². The number of aryl methyl sites for hydroxylation is 2. The minimum absolute atomic E-state index is 0.124. The Labute approximate surface area is 136 Å². The summed E-state index contributed by atoms with van der Waals surface area (Å²) in [5, 5.41) is 11.8. The van der Waals surface area contributed by atoms with Crippen molar-refractivity contribution in [3.63, 3.8) is 0 Å². The lowest BCUT2D eigenvalue weighted by molar-refractivity contribution is -0.122. The van der Waals surface area contributed by atoms with E-state index in [0.29, 0.717) is 12.8 Å². The van der Waals surface area contributed by atoms with E-state index in [9.17, 15) is 4.79 Å². The zero-order valence-corrected chi connectivity index (χ0v) is 13.4. The molecule has 1 aliphatic heterocycles. The van der Waals surface area contributed by atoms with Crippen LogP contribution in [-0.4, -0.2) is 23.7 Å². The largest absolute Gasteiger partial charge is 0.480 e. The molecule has 1 heterocycles. The van der Waals surface area contributed by atoms with Crippen LogP contribution in [0.15, 0.2) is 36.4 Å². The van der Waals surface area contributed by atoms with Crippen molar-refractivity contribution < 1.29 is 14.6 Å². The van der Waals surface area contributed by atoms with Crippen molar-refractivity contribution in [1.29, 1.82) is 0 Å². The van der Waals surface area contributed by atoms with Crippen molar-refractivity contribution in [3.05, 3.63) is 58.7 Å². The number of nitrogens with one attached hydrogen (secondary N) is 1. The number of carbonyl (C=O) groups is 1. The van der Waals surface area contributed by atoms with Crippen molar-refractivity contribution in [2.24, 2.45) is 0 Å². The first kappa shape index (κ1) is 15.6. The first-order valence-corrected chi connectivity index (χ1v) is 7.84. The van der Waals surface area contributed by atoms with Gasteiger partial charge >= 0.3 is 0 Å². The van der Waals surface area contributed by atoms with E-state index in [1.807, 2.05) is 37.3 Å². The molecule has 0 spiro atoms. The molecule has 2 aromatic rings. The molecule has 1 atom stereocenters. The number of hydrogen-bond acceptors (Lipinski definition) is 3. The molecule has 0 aliphatic carbocycles. The average Bonchev–Trinajstić information content (AvgIpc) is 2.93. The molecule has 2 aromatic carbocycles. The lowest BCUT2D eigenvalue weighted by atomic mass is 10.0. The molecule has 1 aliphatic rings. The second-order valence-corrected chi connectivity index (χ2v) is 6.01. The van der Waals surface area contributed by atoms with Crippen molar-refractivity contribution in [3.8, 4) is 5.75 Å². The standard InChI is InChI=1S/C19H21NO3/c1-12-9-15-11-18(23-17(15)10-13(12)2)19(22)20-16-5-3-14(4-6-16)7-8-21/h3-6,9-10,18,21H,7-8,11H2,1-2H3,(H,20,22). The van der Waals surface area contributed by atoms with Gasteiger partial charge in [-0.3, -0.25) is 4.79 Å². The molecule has 3 rings (SSSR count). The molecule has 0 radical (unpaired) electrons. The van der Waals surface area contributed by atoms with E-state index in [4.69, 9.17) is 9.84 Å². The molecule has 120 valence electrons. The number of amides is 1. The Balaban J connectivity index is 1.66. The highest BCUT2D eigenvalue weighted by Gasteiger charge is 2.29. The van der Waals surface area contributed by atoms with Crippen LogP contribution in [-0.2, 0) is 17.6 Å². The zero-order valence-electron chi connectivity index (χ0n) is 13.4. The maximum Gasteiger partial charge on any atom is 0.265 e. The van der Waals surface area contributed by atoms with Crippen molar-refractivity contribution in [2.75, 3.05) is 11.9 Å². The maximum absolute atomic E-state index is 12.4. The predicted octanol–water partition coefficient (Wildman–Crippen LogP) is 2.78. The fraction of sp³-hybridized carbons (Fsp3) is 0.316. The Hall–Kier alpha value is -2.33. The summed E-state index contributed by atoms with van der Waals surface area (Å²) in [5.74, 6) is 0.679. The number of fused-ring (bicyclic) bond motifs is 1. The summed E-state index contributed by atoms with van der Waals surface area (Å²) in [6.45, 7) is 4.23. The van der Waals surface area contributed by atoms with Gasteiger partial charge in [0, 0.05) is 18.7 Å². The van der Waals surface area contributed by atoms with Crippen LogP contribution in [0.2, 0.25) is 0 Å². The quantitative estimate of drug-likeness (QED) is 0.913. The molecule has 1 unspecified atom stereocenters. The average molecular weight is 311 g/mol. The molecule has 0 saturated heterocycles. The van der Waals surface area contributed by atoms with E-state index in [1.165, 1.54) is 11.1 Å². The molecule has 4 nitrogen and oxygen atoms in total. The fourth-order valence-electron chi connectivity index (χ4n) is 2.77. The lowest BCUT2D eigenvalue weighted by Crippen LogP contribution is -2.31. The number of carbonyl (C=O) groups excluding carboxylic acids is 1. The number of anilines is 1. The number of ether oxygens (including phenoxy) is 1. The van der Waals surface area contributed by atoms with Gasteiger partial charge in [0.25, 0.3) is 5.91 Å². The summed E-state index contributed by atoms with van der Waals surface area (Å²) in [5.41, 5.74) is 5.26. The highest BCUT2D eigenvalue weighted by atomic mass is 16.5. The third-order valence-corrected chi connectivity index (χ3v) is 4.27. The van der Waals surface area contributed by atoms with Crippen LogP contribution in [0, 0.1) is 13.8 Å². The van der Waals surface area contributed by atoms with Crippen LogP contribution in [0.4, 0.5) is 5.69 Å². The van der Waals surface area contributed by atoms with Crippen LogP contribution in [0.3, 0.4) is 0 Å². The highest BCUT2D eigenvalue weighted by molar-refractivity contribution is 5.95. The van der Waals surface area contributed by atoms with Gasteiger partial charge in [-0.25, -0.2) is 0 Å². The number of hydrogen-bond donors (Lipinski definition) is 2. The zero-order chi connectivity index (χ0) is 16.4. The molecular formula is C19H21NO3. The fourth-order valence-corrected chi connectivity index (χ4v) is 2.77. The summed E-state index contributed by atoms with van der Waals surface area (Å²) in [7, 11) is 0. The van der Waals surface area contributed by atoms with Gasteiger partial charge in [0.15, 0.2) is 6.10 Å². The minimum atomic E-state index is -0.483. The molecular weight excluding hydrogens is 290 g/mol. The number of rotatable bonds is 4. The lowest BCUT2D eigenvalue weighted by Gasteiger charge is -2.12. The Morgan fingerprint density at radius 1 is 1.22 bits per heavy atom. The first-order valence-electron chi connectivity index (χ1n) is 7.84. The van der Waals surface area contributed by atoms with Crippen LogP contribution >= 0.6 is 0 Å². The van der Waals surface area contributed by atoms with Gasteiger partial charge in [0.2, 0.25) is 0 Å². The Morgan fingerprint density at radius 2 is 1.91 bits per heavy atom. The molecule has 4 heteroatoms. The van der Waals surface area contributed by atoms with E-state index >= 15 is 0 Å². The molecule has 0 bridgehead atoms.